The van der Waals surface area contributed by atoms with Gasteiger partial charge in [0.25, 0.3) is 0 Å². The Morgan fingerprint density at radius 1 is 1.08 bits per heavy atom. The minimum absolute atomic E-state index is 0.427. The zero-order chi connectivity index (χ0) is 17.5. The fourth-order valence-corrected chi connectivity index (χ4v) is 2.41. The maximum absolute atomic E-state index is 6.15. The van der Waals surface area contributed by atoms with Gasteiger partial charge in [-0.25, -0.2) is 0 Å². The van der Waals surface area contributed by atoms with Crippen LogP contribution in [-0.2, 0) is 6.54 Å². The number of nitrogens with one attached hydrogen (secondary N) is 2. The average Bonchev–Trinajstić information content (AvgIpc) is 2.63. The molecule has 0 amide bonds. The molecular weight excluding hydrogens is 338 g/mol. The summed E-state index contributed by atoms with van der Waals surface area (Å²) in [6, 6.07) is 15.3. The number of hydrogen-bond acceptors (Lipinski definition) is 6. The van der Waals surface area contributed by atoms with Crippen molar-refractivity contribution in [1.29, 1.82) is 0 Å². The lowest BCUT2D eigenvalue weighted by atomic mass is 10.2. The summed E-state index contributed by atoms with van der Waals surface area (Å²) in [5.41, 5.74) is 1.86. The van der Waals surface area contributed by atoms with E-state index in [1.807, 2.05) is 55.5 Å². The van der Waals surface area contributed by atoms with Gasteiger partial charge < -0.3 is 15.4 Å². The molecule has 3 rings (SSSR count). The lowest BCUT2D eigenvalue weighted by Crippen LogP contribution is -2.06. The standard InChI is InChI=1S/C18H18ClN5O/c1-2-25-15-9-7-14(8-10-15)22-17-12-21-24-18(23-17)20-11-13-5-3-4-6-16(13)19/h3-10,12H,2,11H2,1H3,(H2,20,22,23,24). The second kappa shape index (κ2) is 8.30. The van der Waals surface area contributed by atoms with Crippen LogP contribution in [0.3, 0.4) is 0 Å². The van der Waals surface area contributed by atoms with Crippen molar-refractivity contribution in [2.24, 2.45) is 0 Å². The summed E-state index contributed by atoms with van der Waals surface area (Å²) >= 11 is 6.15. The first-order valence-corrected chi connectivity index (χ1v) is 8.29. The zero-order valence-corrected chi connectivity index (χ0v) is 14.5. The monoisotopic (exact) mass is 355 g/mol. The van der Waals surface area contributed by atoms with Gasteiger partial charge in [-0.15, -0.1) is 5.10 Å². The molecule has 0 bridgehead atoms. The smallest absolute Gasteiger partial charge is 0.244 e. The number of aromatic nitrogens is 3. The van der Waals surface area contributed by atoms with Crippen molar-refractivity contribution in [3.63, 3.8) is 0 Å². The predicted molar refractivity (Wildman–Crippen MR) is 99.5 cm³/mol. The maximum atomic E-state index is 6.15. The summed E-state index contributed by atoms with van der Waals surface area (Å²) < 4.78 is 5.43. The molecule has 7 heteroatoms. The van der Waals surface area contributed by atoms with E-state index in [-0.39, 0.29) is 0 Å². The van der Waals surface area contributed by atoms with E-state index in [2.05, 4.69) is 25.8 Å². The van der Waals surface area contributed by atoms with Gasteiger partial charge in [-0.2, -0.15) is 10.1 Å². The van der Waals surface area contributed by atoms with E-state index < -0.39 is 0 Å². The van der Waals surface area contributed by atoms with Gasteiger partial charge in [0.15, 0.2) is 5.82 Å². The van der Waals surface area contributed by atoms with Gasteiger partial charge in [0.05, 0.1) is 12.8 Å². The van der Waals surface area contributed by atoms with E-state index in [4.69, 9.17) is 16.3 Å². The van der Waals surface area contributed by atoms with Crippen molar-refractivity contribution in [1.82, 2.24) is 15.2 Å². The molecule has 0 saturated heterocycles. The normalized spacial score (nSPS) is 10.3. The Hall–Kier alpha value is -2.86. The summed E-state index contributed by atoms with van der Waals surface area (Å²) in [6.07, 6.45) is 1.57. The van der Waals surface area contributed by atoms with Crippen molar-refractivity contribution >= 4 is 29.1 Å². The zero-order valence-electron chi connectivity index (χ0n) is 13.7. The number of rotatable bonds is 7. The molecule has 0 aliphatic rings. The van der Waals surface area contributed by atoms with Crippen molar-refractivity contribution in [3.8, 4) is 5.75 Å². The van der Waals surface area contributed by atoms with E-state index in [9.17, 15) is 0 Å². The van der Waals surface area contributed by atoms with Crippen LogP contribution in [0.5, 0.6) is 5.75 Å². The van der Waals surface area contributed by atoms with Gasteiger partial charge in [0.1, 0.15) is 5.75 Å². The largest absolute Gasteiger partial charge is 0.494 e. The Kier molecular flexibility index (Phi) is 5.64. The number of halogens is 1. The number of hydrogen-bond donors (Lipinski definition) is 2. The molecule has 3 aromatic rings. The van der Waals surface area contributed by atoms with Gasteiger partial charge in [0.2, 0.25) is 5.95 Å². The predicted octanol–water partition coefficient (Wildman–Crippen LogP) is 4.28. The van der Waals surface area contributed by atoms with Crippen LogP contribution < -0.4 is 15.4 Å². The first-order chi connectivity index (χ1) is 12.2. The van der Waals surface area contributed by atoms with E-state index in [1.165, 1.54) is 0 Å². The van der Waals surface area contributed by atoms with Crippen LogP contribution in [0, 0.1) is 0 Å². The molecule has 0 fully saturated rings. The van der Waals surface area contributed by atoms with Crippen molar-refractivity contribution < 1.29 is 4.74 Å². The molecule has 0 saturated carbocycles. The Labute approximate surface area is 151 Å². The fraction of sp³-hybridized carbons (Fsp3) is 0.167. The fourth-order valence-electron chi connectivity index (χ4n) is 2.20. The summed E-state index contributed by atoms with van der Waals surface area (Å²) in [4.78, 5) is 4.40. The van der Waals surface area contributed by atoms with Gasteiger partial charge in [0, 0.05) is 17.3 Å². The molecular formula is C18H18ClN5O. The molecule has 0 aliphatic carbocycles. The maximum Gasteiger partial charge on any atom is 0.244 e. The minimum atomic E-state index is 0.427. The highest BCUT2D eigenvalue weighted by Gasteiger charge is 2.04. The minimum Gasteiger partial charge on any atom is -0.494 e. The van der Waals surface area contributed by atoms with E-state index in [1.54, 1.807) is 6.20 Å². The molecule has 2 N–H and O–H groups in total. The number of benzene rings is 2. The van der Waals surface area contributed by atoms with Gasteiger partial charge in [-0.05, 0) is 42.8 Å². The summed E-state index contributed by atoms with van der Waals surface area (Å²) in [5.74, 6) is 1.85. The Balaban J connectivity index is 1.64. The summed E-state index contributed by atoms with van der Waals surface area (Å²) in [6.45, 7) is 3.12. The van der Waals surface area contributed by atoms with Gasteiger partial charge in [-0.3, -0.25) is 0 Å². The summed E-state index contributed by atoms with van der Waals surface area (Å²) in [7, 11) is 0. The second-order valence-electron chi connectivity index (χ2n) is 5.19. The molecule has 2 aromatic carbocycles. The molecule has 128 valence electrons. The third-order valence-corrected chi connectivity index (χ3v) is 3.76. The van der Waals surface area contributed by atoms with E-state index in [0.29, 0.717) is 29.9 Å². The number of ether oxygens (including phenoxy) is 1. The third kappa shape index (κ3) is 4.81. The highest BCUT2D eigenvalue weighted by Crippen LogP contribution is 2.19. The highest BCUT2D eigenvalue weighted by atomic mass is 35.5. The van der Waals surface area contributed by atoms with Crippen LogP contribution in [0.15, 0.2) is 54.7 Å². The van der Waals surface area contributed by atoms with Crippen LogP contribution in [-0.4, -0.2) is 21.8 Å². The van der Waals surface area contributed by atoms with Crippen LogP contribution in [0.25, 0.3) is 0 Å². The molecule has 0 radical (unpaired) electrons. The second-order valence-corrected chi connectivity index (χ2v) is 5.60. The van der Waals surface area contributed by atoms with Crippen molar-refractivity contribution in [3.05, 3.63) is 65.3 Å². The van der Waals surface area contributed by atoms with E-state index in [0.717, 1.165) is 17.0 Å². The first-order valence-electron chi connectivity index (χ1n) is 7.91. The van der Waals surface area contributed by atoms with Crippen LogP contribution in [0.4, 0.5) is 17.5 Å². The van der Waals surface area contributed by atoms with Crippen LogP contribution in [0.1, 0.15) is 12.5 Å². The first kappa shape index (κ1) is 17.0. The molecule has 1 heterocycles. The molecule has 1 aromatic heterocycles. The summed E-state index contributed by atoms with van der Waals surface area (Å²) in [5, 5.41) is 15.0. The topological polar surface area (TPSA) is 72.0 Å². The quantitative estimate of drug-likeness (QED) is 0.659. The molecule has 25 heavy (non-hydrogen) atoms. The lowest BCUT2D eigenvalue weighted by molar-refractivity contribution is 0.340. The average molecular weight is 356 g/mol. The number of anilines is 3. The molecule has 6 nitrogen and oxygen atoms in total. The highest BCUT2D eigenvalue weighted by molar-refractivity contribution is 6.31. The SMILES string of the molecule is CCOc1ccc(Nc2cnnc(NCc3ccccc3Cl)n2)cc1. The van der Waals surface area contributed by atoms with Gasteiger partial charge in [-0.1, -0.05) is 29.8 Å². The Bertz CT molecular complexity index is 826. The number of nitrogens with zero attached hydrogens (tertiary/aromatic N) is 3. The molecule has 0 spiro atoms. The van der Waals surface area contributed by atoms with Crippen molar-refractivity contribution in [2.75, 3.05) is 17.2 Å². The Morgan fingerprint density at radius 2 is 1.88 bits per heavy atom. The lowest BCUT2D eigenvalue weighted by Gasteiger charge is -2.09. The Morgan fingerprint density at radius 3 is 2.64 bits per heavy atom. The van der Waals surface area contributed by atoms with Crippen LogP contribution >= 0.6 is 11.6 Å². The molecule has 0 atom stereocenters. The van der Waals surface area contributed by atoms with Crippen LogP contribution in [0.2, 0.25) is 5.02 Å². The third-order valence-electron chi connectivity index (χ3n) is 3.39. The molecule has 0 aliphatic heterocycles. The van der Waals surface area contributed by atoms with Crippen molar-refractivity contribution in [2.45, 2.75) is 13.5 Å². The van der Waals surface area contributed by atoms with E-state index >= 15 is 0 Å². The van der Waals surface area contributed by atoms with Gasteiger partial charge >= 0.3 is 0 Å². The molecule has 0 unspecified atom stereocenters.